The molecule has 148 valence electrons. The maximum atomic E-state index is 6.27. The summed E-state index contributed by atoms with van der Waals surface area (Å²) in [5, 5.41) is 10.8. The summed E-state index contributed by atoms with van der Waals surface area (Å²) in [5.41, 5.74) is 3.92. The van der Waals surface area contributed by atoms with Gasteiger partial charge < -0.3 is 4.90 Å². The molecule has 1 aliphatic carbocycles. The molecule has 0 saturated heterocycles. The van der Waals surface area contributed by atoms with Crippen molar-refractivity contribution < 1.29 is 0 Å². The molecule has 2 aromatic heterocycles. The molecule has 2 heterocycles. The van der Waals surface area contributed by atoms with Gasteiger partial charge in [-0.3, -0.25) is 0 Å². The number of hydrogen-bond acceptors (Lipinski definition) is 4. The zero-order valence-corrected chi connectivity index (χ0v) is 17.5. The molecule has 1 aliphatic rings. The van der Waals surface area contributed by atoms with Crippen LogP contribution in [0.3, 0.4) is 0 Å². The van der Waals surface area contributed by atoms with Gasteiger partial charge in [0.05, 0.1) is 5.52 Å². The van der Waals surface area contributed by atoms with Crippen LogP contribution in [0, 0.1) is 6.92 Å². The van der Waals surface area contributed by atoms with E-state index in [1.807, 2.05) is 18.2 Å². The number of anilines is 1. The first-order valence-corrected chi connectivity index (χ1v) is 10.6. The molecule has 0 aliphatic heterocycles. The number of rotatable bonds is 3. The van der Waals surface area contributed by atoms with E-state index in [0.717, 1.165) is 33.9 Å². The quantitative estimate of drug-likeness (QED) is 0.440. The van der Waals surface area contributed by atoms with Crippen LogP contribution in [0.2, 0.25) is 5.02 Å². The SMILES string of the molecule is Cc1cccc(-c2nnc3c4ccc(Cl)cc4nc(N(C)C4CCCCC4)n23)c1. The molecule has 0 N–H and O–H groups in total. The molecule has 6 heteroatoms. The minimum absolute atomic E-state index is 0.476. The molecule has 5 rings (SSSR count). The largest absolute Gasteiger partial charge is 0.342 e. The van der Waals surface area contributed by atoms with Crippen LogP contribution in [0.4, 0.5) is 5.95 Å². The molecule has 0 amide bonds. The van der Waals surface area contributed by atoms with Gasteiger partial charge in [0.2, 0.25) is 5.95 Å². The maximum absolute atomic E-state index is 6.27. The summed E-state index contributed by atoms with van der Waals surface area (Å²) in [6.07, 6.45) is 6.24. The number of halogens is 1. The third kappa shape index (κ3) is 3.23. The van der Waals surface area contributed by atoms with E-state index in [9.17, 15) is 0 Å². The van der Waals surface area contributed by atoms with E-state index in [2.05, 4.69) is 57.7 Å². The number of aryl methyl sites for hydroxylation is 1. The van der Waals surface area contributed by atoms with Gasteiger partial charge in [-0.25, -0.2) is 9.38 Å². The maximum Gasteiger partial charge on any atom is 0.213 e. The average Bonchev–Trinajstić information content (AvgIpc) is 3.18. The Labute approximate surface area is 175 Å². The van der Waals surface area contributed by atoms with Gasteiger partial charge in [-0.05, 0) is 44.0 Å². The fourth-order valence-corrected chi connectivity index (χ4v) is 4.60. The molecule has 5 nitrogen and oxygen atoms in total. The highest BCUT2D eigenvalue weighted by Gasteiger charge is 2.24. The summed E-state index contributed by atoms with van der Waals surface area (Å²) in [5.74, 6) is 1.70. The molecule has 0 bridgehead atoms. The second kappa shape index (κ2) is 7.30. The average molecular weight is 406 g/mol. The van der Waals surface area contributed by atoms with E-state index >= 15 is 0 Å². The molecule has 1 fully saturated rings. The molecule has 0 radical (unpaired) electrons. The normalized spacial score (nSPS) is 15.3. The van der Waals surface area contributed by atoms with Crippen molar-refractivity contribution in [3.05, 3.63) is 53.1 Å². The standard InChI is InChI=1S/C23H24ClN5/c1-15-7-6-8-16(13-15)21-26-27-22-19-12-11-17(24)14-20(19)25-23(29(21)22)28(2)18-9-4-3-5-10-18/h6-8,11-14,18H,3-5,9-10H2,1-2H3. The van der Waals surface area contributed by atoms with Crippen molar-refractivity contribution in [3.63, 3.8) is 0 Å². The van der Waals surface area contributed by atoms with Crippen molar-refractivity contribution in [1.82, 2.24) is 19.6 Å². The predicted octanol–water partition coefficient (Wildman–Crippen LogP) is 5.68. The van der Waals surface area contributed by atoms with Crippen LogP contribution in [-0.4, -0.2) is 32.7 Å². The van der Waals surface area contributed by atoms with Gasteiger partial charge in [-0.1, -0.05) is 54.6 Å². The van der Waals surface area contributed by atoms with E-state index in [1.165, 1.54) is 37.7 Å². The van der Waals surface area contributed by atoms with Crippen molar-refractivity contribution in [3.8, 4) is 11.4 Å². The van der Waals surface area contributed by atoms with Gasteiger partial charge in [0.15, 0.2) is 11.5 Å². The molecule has 0 spiro atoms. The number of fused-ring (bicyclic) bond motifs is 3. The predicted molar refractivity (Wildman–Crippen MR) is 119 cm³/mol. The first-order chi connectivity index (χ1) is 14.1. The van der Waals surface area contributed by atoms with Crippen LogP contribution in [0.15, 0.2) is 42.5 Å². The lowest BCUT2D eigenvalue weighted by molar-refractivity contribution is 0.423. The molecule has 0 atom stereocenters. The van der Waals surface area contributed by atoms with Crippen LogP contribution >= 0.6 is 11.6 Å². The zero-order chi connectivity index (χ0) is 20.0. The summed E-state index contributed by atoms with van der Waals surface area (Å²) in [4.78, 5) is 7.36. The number of hydrogen-bond donors (Lipinski definition) is 0. The minimum Gasteiger partial charge on any atom is -0.342 e. The van der Waals surface area contributed by atoms with Gasteiger partial charge in [-0.15, -0.1) is 10.2 Å². The summed E-state index contributed by atoms with van der Waals surface area (Å²) >= 11 is 6.27. The topological polar surface area (TPSA) is 46.3 Å². The van der Waals surface area contributed by atoms with Gasteiger partial charge in [0, 0.05) is 29.1 Å². The number of benzene rings is 2. The molecular weight excluding hydrogens is 382 g/mol. The van der Waals surface area contributed by atoms with Gasteiger partial charge in [-0.2, -0.15) is 0 Å². The lowest BCUT2D eigenvalue weighted by atomic mass is 9.95. The fraction of sp³-hybridized carbons (Fsp3) is 0.348. The van der Waals surface area contributed by atoms with Crippen molar-refractivity contribution in [2.24, 2.45) is 0 Å². The lowest BCUT2D eigenvalue weighted by Crippen LogP contribution is -2.35. The Morgan fingerprint density at radius 3 is 2.66 bits per heavy atom. The van der Waals surface area contributed by atoms with E-state index in [0.29, 0.717) is 11.1 Å². The van der Waals surface area contributed by atoms with Crippen molar-refractivity contribution in [1.29, 1.82) is 0 Å². The van der Waals surface area contributed by atoms with E-state index in [-0.39, 0.29) is 0 Å². The van der Waals surface area contributed by atoms with Crippen LogP contribution in [0.1, 0.15) is 37.7 Å². The molecule has 2 aromatic carbocycles. The highest BCUT2D eigenvalue weighted by molar-refractivity contribution is 6.31. The summed E-state index contributed by atoms with van der Waals surface area (Å²) in [7, 11) is 2.15. The van der Waals surface area contributed by atoms with Crippen LogP contribution in [-0.2, 0) is 0 Å². The second-order valence-corrected chi connectivity index (χ2v) is 8.46. The smallest absolute Gasteiger partial charge is 0.213 e. The third-order valence-corrected chi connectivity index (χ3v) is 6.23. The molecule has 0 unspecified atom stereocenters. The number of aromatic nitrogens is 4. The Balaban J connectivity index is 1.78. The number of nitrogens with zero attached hydrogens (tertiary/aromatic N) is 5. The summed E-state index contributed by atoms with van der Waals surface area (Å²) in [6.45, 7) is 2.09. The first-order valence-electron chi connectivity index (χ1n) is 10.3. The summed E-state index contributed by atoms with van der Waals surface area (Å²) < 4.78 is 2.11. The van der Waals surface area contributed by atoms with Gasteiger partial charge in [0.25, 0.3) is 0 Å². The van der Waals surface area contributed by atoms with Crippen LogP contribution < -0.4 is 4.90 Å². The highest BCUT2D eigenvalue weighted by Crippen LogP contribution is 2.32. The molecule has 4 aromatic rings. The zero-order valence-electron chi connectivity index (χ0n) is 16.8. The Kier molecular flexibility index (Phi) is 4.63. The lowest BCUT2D eigenvalue weighted by Gasteiger charge is -2.32. The minimum atomic E-state index is 0.476. The van der Waals surface area contributed by atoms with Crippen molar-refractivity contribution in [2.75, 3.05) is 11.9 Å². The third-order valence-electron chi connectivity index (χ3n) is 6.00. The van der Waals surface area contributed by atoms with Crippen molar-refractivity contribution >= 4 is 34.1 Å². The molecular formula is C23H24ClN5. The second-order valence-electron chi connectivity index (χ2n) is 8.03. The molecule has 29 heavy (non-hydrogen) atoms. The van der Waals surface area contributed by atoms with Crippen LogP contribution in [0.25, 0.3) is 27.9 Å². The van der Waals surface area contributed by atoms with E-state index < -0.39 is 0 Å². The Morgan fingerprint density at radius 2 is 1.86 bits per heavy atom. The highest BCUT2D eigenvalue weighted by atomic mass is 35.5. The van der Waals surface area contributed by atoms with E-state index in [4.69, 9.17) is 16.6 Å². The first kappa shape index (κ1) is 18.4. The summed E-state index contributed by atoms with van der Waals surface area (Å²) in [6, 6.07) is 14.6. The Hall–Kier alpha value is -2.66. The fourth-order valence-electron chi connectivity index (χ4n) is 4.43. The molecule has 1 saturated carbocycles. The van der Waals surface area contributed by atoms with E-state index in [1.54, 1.807) is 0 Å². The van der Waals surface area contributed by atoms with Gasteiger partial charge in [0.1, 0.15) is 0 Å². The van der Waals surface area contributed by atoms with Crippen LogP contribution in [0.5, 0.6) is 0 Å². The Bertz CT molecular complexity index is 1190. The monoisotopic (exact) mass is 405 g/mol. The van der Waals surface area contributed by atoms with Gasteiger partial charge >= 0.3 is 0 Å². The van der Waals surface area contributed by atoms with Crippen molar-refractivity contribution in [2.45, 2.75) is 45.1 Å². The Morgan fingerprint density at radius 1 is 1.03 bits per heavy atom.